The zero-order valence-corrected chi connectivity index (χ0v) is 14.4. The summed E-state index contributed by atoms with van der Waals surface area (Å²) >= 11 is 0. The van der Waals surface area contributed by atoms with E-state index in [1.807, 2.05) is 0 Å². The number of rotatable bonds is 4. The number of aliphatic carboxylic acids is 1. The number of carbonyl (C=O) groups is 3. The fraction of sp³-hybridized carbons (Fsp3) is 0.118. The summed E-state index contributed by atoms with van der Waals surface area (Å²) in [7, 11) is 0. The van der Waals surface area contributed by atoms with Crippen LogP contribution in [0, 0.1) is 34.9 Å². The third-order valence-corrected chi connectivity index (χ3v) is 4.09. The first kappa shape index (κ1) is 22.0. The van der Waals surface area contributed by atoms with Crippen molar-refractivity contribution in [1.82, 2.24) is 0 Å². The molecule has 164 valence electrons. The van der Waals surface area contributed by atoms with Gasteiger partial charge in [-0.2, -0.15) is 8.78 Å². The maximum Gasteiger partial charge on any atom is 0.482 e. The van der Waals surface area contributed by atoms with E-state index in [2.05, 4.69) is 4.74 Å². The monoisotopic (exact) mass is 455 g/mol. The zero-order valence-electron chi connectivity index (χ0n) is 14.4. The SMILES string of the molecule is O=C(O)C(=O)CN1C(=O)C(F)(F)Oc2cc(F)c(-c3c(F)c(F)c(F)c(F)c3F)cc21. The van der Waals surface area contributed by atoms with Gasteiger partial charge in [-0.1, -0.05) is 0 Å². The van der Waals surface area contributed by atoms with Gasteiger partial charge in [-0.25, -0.2) is 31.1 Å². The molecule has 14 heteroatoms. The molecule has 1 heterocycles. The Kier molecular flexibility index (Phi) is 5.11. The predicted molar refractivity (Wildman–Crippen MR) is 82.2 cm³/mol. The van der Waals surface area contributed by atoms with E-state index in [9.17, 15) is 49.5 Å². The van der Waals surface area contributed by atoms with E-state index in [-0.39, 0.29) is 17.0 Å². The van der Waals surface area contributed by atoms with Crippen molar-refractivity contribution in [3.05, 3.63) is 47.0 Å². The first-order chi connectivity index (χ1) is 14.3. The van der Waals surface area contributed by atoms with Gasteiger partial charge in [0, 0.05) is 11.6 Å². The van der Waals surface area contributed by atoms with Gasteiger partial charge in [-0.3, -0.25) is 14.5 Å². The minimum Gasteiger partial charge on any atom is -0.475 e. The van der Waals surface area contributed by atoms with Crippen LogP contribution >= 0.6 is 0 Å². The van der Waals surface area contributed by atoms with E-state index in [0.717, 1.165) is 0 Å². The molecule has 1 N–H and O–H groups in total. The maximum atomic E-state index is 14.4. The summed E-state index contributed by atoms with van der Waals surface area (Å²) in [6, 6.07) is 0.243. The molecule has 2 aromatic rings. The lowest BCUT2D eigenvalue weighted by Gasteiger charge is -2.33. The van der Waals surface area contributed by atoms with Crippen LogP contribution in [0.4, 0.5) is 40.8 Å². The highest BCUT2D eigenvalue weighted by Gasteiger charge is 2.51. The van der Waals surface area contributed by atoms with Gasteiger partial charge in [-0.05, 0) is 6.07 Å². The molecule has 3 rings (SSSR count). The van der Waals surface area contributed by atoms with Crippen molar-refractivity contribution >= 4 is 23.3 Å². The van der Waals surface area contributed by atoms with Crippen LogP contribution in [0.25, 0.3) is 11.1 Å². The molecule has 1 aliphatic heterocycles. The first-order valence-corrected chi connectivity index (χ1v) is 7.78. The third kappa shape index (κ3) is 3.43. The van der Waals surface area contributed by atoms with Gasteiger partial charge in [-0.15, -0.1) is 0 Å². The number of amides is 1. The van der Waals surface area contributed by atoms with E-state index in [1.165, 1.54) is 0 Å². The number of nitrogens with zero attached hydrogens (tertiary/aromatic N) is 1. The summed E-state index contributed by atoms with van der Waals surface area (Å²) in [6.07, 6.45) is -4.69. The molecule has 31 heavy (non-hydrogen) atoms. The van der Waals surface area contributed by atoms with Crippen LogP contribution < -0.4 is 9.64 Å². The van der Waals surface area contributed by atoms with E-state index >= 15 is 0 Å². The number of ether oxygens (including phenoxy) is 1. The number of anilines is 1. The molecule has 0 saturated carbocycles. The number of carboxylic acids is 1. The minimum atomic E-state index is -4.69. The van der Waals surface area contributed by atoms with Gasteiger partial charge < -0.3 is 9.84 Å². The number of hydrogen-bond donors (Lipinski definition) is 1. The van der Waals surface area contributed by atoms with Crippen molar-refractivity contribution in [3.63, 3.8) is 0 Å². The van der Waals surface area contributed by atoms with E-state index in [1.54, 1.807) is 0 Å². The second-order valence-electron chi connectivity index (χ2n) is 5.98. The van der Waals surface area contributed by atoms with E-state index in [4.69, 9.17) is 5.11 Å². The zero-order chi connectivity index (χ0) is 23.4. The number of carboxylic acid groups (broad SMARTS) is 1. The molecule has 0 radical (unpaired) electrons. The van der Waals surface area contributed by atoms with Crippen molar-refractivity contribution in [2.24, 2.45) is 0 Å². The van der Waals surface area contributed by atoms with Crippen molar-refractivity contribution < 1.29 is 59.4 Å². The lowest BCUT2D eigenvalue weighted by molar-refractivity contribution is -0.193. The average Bonchev–Trinajstić information content (AvgIpc) is 2.69. The highest BCUT2D eigenvalue weighted by Crippen LogP contribution is 2.44. The van der Waals surface area contributed by atoms with Crippen molar-refractivity contribution in [2.45, 2.75) is 6.11 Å². The van der Waals surface area contributed by atoms with Gasteiger partial charge in [0.2, 0.25) is 5.82 Å². The molecule has 2 aromatic carbocycles. The molecule has 0 atom stereocenters. The number of carbonyl (C=O) groups excluding carboxylic acids is 2. The van der Waals surface area contributed by atoms with Crippen LogP contribution in [0.2, 0.25) is 0 Å². The van der Waals surface area contributed by atoms with Crippen molar-refractivity contribution in [1.29, 1.82) is 0 Å². The quantitative estimate of drug-likeness (QED) is 0.332. The highest BCUT2D eigenvalue weighted by atomic mass is 19.3. The van der Waals surface area contributed by atoms with Gasteiger partial charge in [0.05, 0.1) is 17.8 Å². The van der Waals surface area contributed by atoms with Crippen LogP contribution in [-0.2, 0) is 14.4 Å². The minimum absolute atomic E-state index is 0.0430. The smallest absolute Gasteiger partial charge is 0.475 e. The number of alkyl halides is 2. The second-order valence-corrected chi connectivity index (χ2v) is 5.98. The summed E-state index contributed by atoms with van der Waals surface area (Å²) in [5.41, 5.74) is -4.15. The lowest BCUT2D eigenvalue weighted by atomic mass is 10.0. The standard InChI is InChI=1S/C17H5F8NO5/c18-5-2-8-6(26(3-7(27)15(28)29)16(30)17(24,25)31-8)1-4(5)9-10(19)12(21)14(23)13(22)11(9)20/h1-2H,3H2,(H,28,29). The average molecular weight is 455 g/mol. The largest absolute Gasteiger partial charge is 0.482 e. The Morgan fingerprint density at radius 3 is 1.97 bits per heavy atom. The normalized spacial score (nSPS) is 14.8. The molecule has 1 amide bonds. The topological polar surface area (TPSA) is 83.9 Å². The highest BCUT2D eigenvalue weighted by molar-refractivity contribution is 6.35. The molecule has 0 aliphatic carbocycles. The number of fused-ring (bicyclic) bond motifs is 1. The summed E-state index contributed by atoms with van der Waals surface area (Å²) < 4.78 is 114. The van der Waals surface area contributed by atoms with Gasteiger partial charge in [0.15, 0.2) is 29.0 Å². The number of halogens is 8. The van der Waals surface area contributed by atoms with Crippen LogP contribution in [0.3, 0.4) is 0 Å². The van der Waals surface area contributed by atoms with Gasteiger partial charge >= 0.3 is 18.0 Å². The van der Waals surface area contributed by atoms with Gasteiger partial charge in [0.1, 0.15) is 5.82 Å². The number of Topliss-reactive ketones (excluding diaryl/α,β-unsaturated/α-hetero) is 1. The van der Waals surface area contributed by atoms with Crippen LogP contribution in [0.5, 0.6) is 5.75 Å². The van der Waals surface area contributed by atoms with Crippen LogP contribution in [-0.4, -0.2) is 35.4 Å². The molecule has 0 unspecified atom stereocenters. The fourth-order valence-corrected chi connectivity index (χ4v) is 2.69. The molecule has 1 aliphatic rings. The third-order valence-electron chi connectivity index (χ3n) is 4.09. The number of hydrogen-bond acceptors (Lipinski definition) is 4. The fourth-order valence-electron chi connectivity index (χ4n) is 2.69. The Hall–Kier alpha value is -3.71. The van der Waals surface area contributed by atoms with Crippen LogP contribution in [0.1, 0.15) is 0 Å². The molecule has 0 aromatic heterocycles. The number of benzene rings is 2. The van der Waals surface area contributed by atoms with E-state index < -0.39 is 87.8 Å². The second kappa shape index (κ2) is 7.21. The molecule has 0 fully saturated rings. The van der Waals surface area contributed by atoms with Crippen molar-refractivity contribution in [2.75, 3.05) is 11.4 Å². The Balaban J connectivity index is 2.29. The number of ketones is 1. The summed E-state index contributed by atoms with van der Waals surface area (Å²) in [6.45, 7) is -1.54. The Morgan fingerprint density at radius 2 is 1.45 bits per heavy atom. The van der Waals surface area contributed by atoms with E-state index in [0.29, 0.717) is 0 Å². The Labute approximate surface area is 165 Å². The summed E-state index contributed by atoms with van der Waals surface area (Å²) in [5, 5.41) is 8.63. The summed E-state index contributed by atoms with van der Waals surface area (Å²) in [4.78, 5) is 33.8. The molecular weight excluding hydrogens is 450 g/mol. The van der Waals surface area contributed by atoms with Crippen LogP contribution in [0.15, 0.2) is 12.1 Å². The molecule has 0 spiro atoms. The Bertz CT molecular complexity index is 1140. The lowest BCUT2D eigenvalue weighted by Crippen LogP contribution is -2.53. The first-order valence-electron chi connectivity index (χ1n) is 7.78. The maximum absolute atomic E-state index is 14.4. The molecule has 0 saturated heterocycles. The van der Waals surface area contributed by atoms with Crippen molar-refractivity contribution in [3.8, 4) is 16.9 Å². The predicted octanol–water partition coefficient (Wildman–Crippen LogP) is 3.16. The molecular formula is C17H5F8NO5. The van der Waals surface area contributed by atoms with Gasteiger partial charge in [0.25, 0.3) is 5.78 Å². The Morgan fingerprint density at radius 1 is 0.935 bits per heavy atom. The summed E-state index contributed by atoms with van der Waals surface area (Å²) in [5.74, 6) is -21.6. The molecule has 0 bridgehead atoms. The molecule has 6 nitrogen and oxygen atoms in total.